The fourth-order valence-corrected chi connectivity index (χ4v) is 2.87. The van der Waals surface area contributed by atoms with E-state index in [1.54, 1.807) is 12.4 Å². The van der Waals surface area contributed by atoms with Crippen LogP contribution in [-0.4, -0.2) is 9.97 Å². The van der Waals surface area contributed by atoms with Gasteiger partial charge in [0.25, 0.3) is 0 Å². The molecule has 3 nitrogen and oxygen atoms in total. The van der Waals surface area contributed by atoms with Crippen molar-refractivity contribution in [2.24, 2.45) is 0 Å². The summed E-state index contributed by atoms with van der Waals surface area (Å²) in [5, 5.41) is 0. The molecule has 0 fully saturated rings. The Labute approximate surface area is 147 Å². The number of nitrogens with zero attached hydrogens (tertiary/aromatic N) is 3. The Morgan fingerprint density at radius 3 is 1.68 bits per heavy atom. The summed E-state index contributed by atoms with van der Waals surface area (Å²) in [5.74, 6) is 1.68. The van der Waals surface area contributed by atoms with Gasteiger partial charge in [0.15, 0.2) is 0 Å². The summed E-state index contributed by atoms with van der Waals surface area (Å²) in [6.07, 6.45) is 3.60. The number of anilines is 3. The lowest BCUT2D eigenvalue weighted by Crippen LogP contribution is -2.13. The molecule has 0 saturated heterocycles. The minimum atomic E-state index is 0.838. The SMILES string of the molecule is c1ccc(-c2ccccc2N(c2ccccn2)c2ccccn2)cc1. The molecule has 0 atom stereocenters. The Kier molecular flexibility index (Phi) is 4.21. The Balaban J connectivity index is 1.93. The Morgan fingerprint density at radius 2 is 1.08 bits per heavy atom. The number of aromatic nitrogens is 2. The average Bonchev–Trinajstić information content (AvgIpc) is 2.71. The van der Waals surface area contributed by atoms with Gasteiger partial charge in [-0.2, -0.15) is 0 Å². The second-order valence-corrected chi connectivity index (χ2v) is 5.59. The Hall–Kier alpha value is -3.46. The van der Waals surface area contributed by atoms with Crippen molar-refractivity contribution in [2.45, 2.75) is 0 Å². The number of para-hydroxylation sites is 1. The minimum Gasteiger partial charge on any atom is -0.278 e. The van der Waals surface area contributed by atoms with Gasteiger partial charge in [0.05, 0.1) is 5.69 Å². The van der Waals surface area contributed by atoms with E-state index in [4.69, 9.17) is 0 Å². The quantitative estimate of drug-likeness (QED) is 0.488. The molecule has 0 amide bonds. The molecule has 25 heavy (non-hydrogen) atoms. The maximum Gasteiger partial charge on any atom is 0.138 e. The highest BCUT2D eigenvalue weighted by molar-refractivity contribution is 5.86. The summed E-state index contributed by atoms with van der Waals surface area (Å²) in [4.78, 5) is 11.2. The zero-order chi connectivity index (χ0) is 16.9. The van der Waals surface area contributed by atoms with E-state index in [2.05, 4.69) is 57.3 Å². The van der Waals surface area contributed by atoms with E-state index in [0.717, 1.165) is 28.5 Å². The zero-order valence-corrected chi connectivity index (χ0v) is 13.7. The fraction of sp³-hybridized carbons (Fsp3) is 0. The molecule has 4 aromatic rings. The van der Waals surface area contributed by atoms with Crippen molar-refractivity contribution in [3.05, 3.63) is 103 Å². The number of hydrogen-bond donors (Lipinski definition) is 0. The third kappa shape index (κ3) is 3.12. The first-order chi connectivity index (χ1) is 12.4. The van der Waals surface area contributed by atoms with Crippen LogP contribution in [0, 0.1) is 0 Å². The van der Waals surface area contributed by atoms with Crippen molar-refractivity contribution >= 4 is 17.3 Å². The average molecular weight is 323 g/mol. The third-order valence-corrected chi connectivity index (χ3v) is 3.99. The molecule has 120 valence electrons. The number of hydrogen-bond acceptors (Lipinski definition) is 3. The van der Waals surface area contributed by atoms with E-state index in [-0.39, 0.29) is 0 Å². The van der Waals surface area contributed by atoms with E-state index in [9.17, 15) is 0 Å². The van der Waals surface area contributed by atoms with Gasteiger partial charge >= 0.3 is 0 Å². The van der Waals surface area contributed by atoms with Crippen molar-refractivity contribution in [3.8, 4) is 11.1 Å². The summed E-state index contributed by atoms with van der Waals surface area (Å²) >= 11 is 0. The molecule has 2 aromatic carbocycles. The van der Waals surface area contributed by atoms with E-state index >= 15 is 0 Å². The summed E-state index contributed by atoms with van der Waals surface area (Å²) in [7, 11) is 0. The first kappa shape index (κ1) is 15.1. The van der Waals surface area contributed by atoms with E-state index in [0.29, 0.717) is 0 Å². The molecule has 0 spiro atoms. The highest BCUT2D eigenvalue weighted by Crippen LogP contribution is 2.38. The van der Waals surface area contributed by atoms with Crippen LogP contribution in [0.25, 0.3) is 11.1 Å². The molecule has 0 N–H and O–H groups in total. The summed E-state index contributed by atoms with van der Waals surface area (Å²) in [6, 6.07) is 30.5. The monoisotopic (exact) mass is 323 g/mol. The maximum atomic E-state index is 4.55. The van der Waals surface area contributed by atoms with Gasteiger partial charge in [-0.05, 0) is 35.9 Å². The van der Waals surface area contributed by atoms with Crippen LogP contribution >= 0.6 is 0 Å². The molecule has 0 saturated carbocycles. The lowest BCUT2D eigenvalue weighted by atomic mass is 10.0. The first-order valence-electron chi connectivity index (χ1n) is 8.20. The second kappa shape index (κ2) is 6.97. The van der Waals surface area contributed by atoms with Crippen LogP contribution in [0.4, 0.5) is 17.3 Å². The van der Waals surface area contributed by atoms with Crippen LogP contribution in [0.1, 0.15) is 0 Å². The van der Waals surface area contributed by atoms with Gasteiger partial charge in [0.1, 0.15) is 11.6 Å². The molecule has 0 unspecified atom stereocenters. The van der Waals surface area contributed by atoms with Gasteiger partial charge in [-0.25, -0.2) is 9.97 Å². The van der Waals surface area contributed by atoms with Crippen LogP contribution in [0.3, 0.4) is 0 Å². The molecular weight excluding hydrogens is 306 g/mol. The normalized spacial score (nSPS) is 10.4. The largest absolute Gasteiger partial charge is 0.278 e. The molecular formula is C22H17N3. The molecule has 2 aromatic heterocycles. The summed E-state index contributed by atoms with van der Waals surface area (Å²) < 4.78 is 0. The van der Waals surface area contributed by atoms with Crippen molar-refractivity contribution < 1.29 is 0 Å². The minimum absolute atomic E-state index is 0.838. The zero-order valence-electron chi connectivity index (χ0n) is 13.7. The molecule has 0 aliphatic rings. The molecule has 4 rings (SSSR count). The number of pyridine rings is 2. The van der Waals surface area contributed by atoms with E-state index in [1.165, 1.54) is 0 Å². The molecule has 0 radical (unpaired) electrons. The lowest BCUT2D eigenvalue weighted by Gasteiger charge is -2.25. The highest BCUT2D eigenvalue weighted by Gasteiger charge is 2.17. The van der Waals surface area contributed by atoms with Gasteiger partial charge in [0, 0.05) is 18.0 Å². The Bertz CT molecular complexity index is 899. The van der Waals surface area contributed by atoms with Crippen LogP contribution in [0.5, 0.6) is 0 Å². The number of rotatable bonds is 4. The predicted octanol–water partition coefficient (Wildman–Crippen LogP) is 5.61. The van der Waals surface area contributed by atoms with Crippen molar-refractivity contribution in [1.82, 2.24) is 9.97 Å². The highest BCUT2D eigenvalue weighted by atomic mass is 15.2. The van der Waals surface area contributed by atoms with Crippen molar-refractivity contribution in [1.29, 1.82) is 0 Å². The fourth-order valence-electron chi connectivity index (χ4n) is 2.87. The molecule has 0 aliphatic heterocycles. The molecule has 3 heteroatoms. The van der Waals surface area contributed by atoms with Gasteiger partial charge in [-0.1, -0.05) is 60.7 Å². The molecule has 0 aliphatic carbocycles. The van der Waals surface area contributed by atoms with Gasteiger partial charge < -0.3 is 0 Å². The van der Waals surface area contributed by atoms with E-state index in [1.807, 2.05) is 48.5 Å². The van der Waals surface area contributed by atoms with Crippen molar-refractivity contribution in [2.75, 3.05) is 4.90 Å². The molecule has 2 heterocycles. The third-order valence-electron chi connectivity index (χ3n) is 3.99. The van der Waals surface area contributed by atoms with Crippen LogP contribution < -0.4 is 4.90 Å². The maximum absolute atomic E-state index is 4.55. The van der Waals surface area contributed by atoms with Gasteiger partial charge in [0.2, 0.25) is 0 Å². The molecule has 0 bridgehead atoms. The topological polar surface area (TPSA) is 29.0 Å². The van der Waals surface area contributed by atoms with Gasteiger partial charge in [-0.15, -0.1) is 0 Å². The van der Waals surface area contributed by atoms with E-state index < -0.39 is 0 Å². The lowest BCUT2D eigenvalue weighted by molar-refractivity contribution is 1.13. The predicted molar refractivity (Wildman–Crippen MR) is 102 cm³/mol. The van der Waals surface area contributed by atoms with Crippen molar-refractivity contribution in [3.63, 3.8) is 0 Å². The first-order valence-corrected chi connectivity index (χ1v) is 8.20. The van der Waals surface area contributed by atoms with Crippen LogP contribution in [0.15, 0.2) is 103 Å². The van der Waals surface area contributed by atoms with Crippen LogP contribution in [-0.2, 0) is 0 Å². The summed E-state index contributed by atoms with van der Waals surface area (Å²) in [5.41, 5.74) is 3.35. The second-order valence-electron chi connectivity index (χ2n) is 5.59. The summed E-state index contributed by atoms with van der Waals surface area (Å²) in [6.45, 7) is 0. The Morgan fingerprint density at radius 1 is 0.520 bits per heavy atom. The van der Waals surface area contributed by atoms with Crippen LogP contribution in [0.2, 0.25) is 0 Å². The smallest absolute Gasteiger partial charge is 0.138 e. The number of benzene rings is 2. The standard InChI is InChI=1S/C22H17N3/c1-2-10-18(11-3-1)19-12-4-5-13-20(19)25(21-14-6-8-16-23-21)22-15-7-9-17-24-22/h1-17H. The van der Waals surface area contributed by atoms with Gasteiger partial charge in [-0.3, -0.25) is 4.90 Å².